The standard InChI is InChI=1S/C25H26N4O4/c30-21-9-8-20(22(31)28-21)29-23(32)18-7-6-16(14-19(18)24(29)33)15-27-25(10-12-26-13-11-25)17-4-2-1-3-5-17/h1-7,14,20,26-27H,8-13,15H2,(H,28,30,31). The largest absolute Gasteiger partial charge is 0.317 e. The molecule has 33 heavy (non-hydrogen) atoms. The molecule has 4 amide bonds. The smallest absolute Gasteiger partial charge is 0.262 e. The Morgan fingerprint density at radius 1 is 0.939 bits per heavy atom. The fourth-order valence-corrected chi connectivity index (χ4v) is 5.08. The van der Waals surface area contributed by atoms with Crippen molar-refractivity contribution in [2.24, 2.45) is 0 Å². The number of hydrogen-bond acceptors (Lipinski definition) is 6. The predicted octanol–water partition coefficient (Wildman–Crippen LogP) is 1.46. The highest BCUT2D eigenvalue weighted by Crippen LogP contribution is 2.32. The van der Waals surface area contributed by atoms with Gasteiger partial charge < -0.3 is 10.6 Å². The molecule has 3 heterocycles. The van der Waals surface area contributed by atoms with E-state index in [2.05, 4.69) is 28.1 Å². The zero-order chi connectivity index (χ0) is 23.0. The van der Waals surface area contributed by atoms with Gasteiger partial charge in [-0.1, -0.05) is 36.4 Å². The highest BCUT2D eigenvalue weighted by atomic mass is 16.2. The van der Waals surface area contributed by atoms with Crippen molar-refractivity contribution in [1.82, 2.24) is 20.9 Å². The van der Waals surface area contributed by atoms with E-state index in [4.69, 9.17) is 0 Å². The average Bonchev–Trinajstić information content (AvgIpc) is 3.08. The van der Waals surface area contributed by atoms with E-state index >= 15 is 0 Å². The van der Waals surface area contributed by atoms with Crippen LogP contribution in [0.4, 0.5) is 0 Å². The first kappa shape index (κ1) is 21.5. The quantitative estimate of drug-likeness (QED) is 0.601. The van der Waals surface area contributed by atoms with Gasteiger partial charge in [0.05, 0.1) is 11.1 Å². The van der Waals surface area contributed by atoms with Gasteiger partial charge in [-0.2, -0.15) is 0 Å². The molecule has 0 spiro atoms. The van der Waals surface area contributed by atoms with Gasteiger partial charge in [0.1, 0.15) is 6.04 Å². The first-order valence-electron chi connectivity index (χ1n) is 11.3. The summed E-state index contributed by atoms with van der Waals surface area (Å²) in [5.74, 6) is -1.95. The maximum atomic E-state index is 13.1. The first-order valence-corrected chi connectivity index (χ1v) is 11.3. The first-order chi connectivity index (χ1) is 16.0. The van der Waals surface area contributed by atoms with Crippen molar-refractivity contribution in [2.45, 2.75) is 43.8 Å². The van der Waals surface area contributed by atoms with Crippen LogP contribution in [-0.2, 0) is 21.7 Å². The molecular formula is C25H26N4O4. The number of fused-ring (bicyclic) bond motifs is 1. The van der Waals surface area contributed by atoms with Gasteiger partial charge in [-0.3, -0.25) is 29.4 Å². The van der Waals surface area contributed by atoms with E-state index < -0.39 is 23.8 Å². The van der Waals surface area contributed by atoms with Crippen LogP contribution in [-0.4, -0.2) is 47.7 Å². The van der Waals surface area contributed by atoms with Gasteiger partial charge in [-0.25, -0.2) is 0 Å². The molecule has 0 aromatic heterocycles. The summed E-state index contributed by atoms with van der Waals surface area (Å²) >= 11 is 0. The van der Waals surface area contributed by atoms with Crippen LogP contribution in [0.2, 0.25) is 0 Å². The van der Waals surface area contributed by atoms with E-state index in [1.807, 2.05) is 24.3 Å². The summed E-state index contributed by atoms with van der Waals surface area (Å²) in [6, 6.07) is 14.7. The van der Waals surface area contributed by atoms with Crippen molar-refractivity contribution in [1.29, 1.82) is 0 Å². The maximum absolute atomic E-state index is 13.1. The van der Waals surface area contributed by atoms with E-state index in [0.29, 0.717) is 17.7 Å². The number of imide groups is 2. The number of carbonyl (C=O) groups is 4. The summed E-state index contributed by atoms with van der Waals surface area (Å²) in [5, 5.41) is 9.36. The van der Waals surface area contributed by atoms with Gasteiger partial charge >= 0.3 is 0 Å². The van der Waals surface area contributed by atoms with Crippen molar-refractivity contribution >= 4 is 23.6 Å². The Hall–Kier alpha value is -3.36. The molecule has 0 bridgehead atoms. The Balaban J connectivity index is 1.36. The molecule has 8 heteroatoms. The molecule has 2 aromatic rings. The van der Waals surface area contributed by atoms with Crippen LogP contribution < -0.4 is 16.0 Å². The van der Waals surface area contributed by atoms with E-state index in [9.17, 15) is 19.2 Å². The second-order valence-electron chi connectivity index (χ2n) is 8.88. The topological polar surface area (TPSA) is 108 Å². The third-order valence-electron chi connectivity index (χ3n) is 6.92. The predicted molar refractivity (Wildman–Crippen MR) is 120 cm³/mol. The van der Waals surface area contributed by atoms with Gasteiger partial charge in [0, 0.05) is 18.5 Å². The van der Waals surface area contributed by atoms with Gasteiger partial charge in [-0.15, -0.1) is 0 Å². The highest BCUT2D eigenvalue weighted by Gasteiger charge is 2.44. The van der Waals surface area contributed by atoms with Crippen LogP contribution in [0.15, 0.2) is 48.5 Å². The summed E-state index contributed by atoms with van der Waals surface area (Å²) in [5.41, 5.74) is 2.58. The molecule has 2 saturated heterocycles. The third-order valence-corrected chi connectivity index (χ3v) is 6.92. The van der Waals surface area contributed by atoms with Crippen molar-refractivity contribution in [3.63, 3.8) is 0 Å². The second-order valence-corrected chi connectivity index (χ2v) is 8.88. The Morgan fingerprint density at radius 2 is 1.67 bits per heavy atom. The minimum absolute atomic E-state index is 0.107. The highest BCUT2D eigenvalue weighted by molar-refractivity contribution is 6.23. The number of nitrogens with zero attached hydrogens (tertiary/aromatic N) is 1. The number of hydrogen-bond donors (Lipinski definition) is 3. The second kappa shape index (κ2) is 8.53. The van der Waals surface area contributed by atoms with E-state index in [-0.39, 0.29) is 24.3 Å². The lowest BCUT2D eigenvalue weighted by Gasteiger charge is -2.39. The number of nitrogens with one attached hydrogen (secondary N) is 3. The van der Waals surface area contributed by atoms with Gasteiger partial charge in [-0.05, 0) is 55.6 Å². The number of piperidine rings is 2. The van der Waals surface area contributed by atoms with Gasteiger partial charge in [0.25, 0.3) is 11.8 Å². The van der Waals surface area contributed by atoms with E-state index in [1.54, 1.807) is 12.1 Å². The lowest BCUT2D eigenvalue weighted by atomic mass is 9.81. The number of benzene rings is 2. The molecule has 5 rings (SSSR count). The molecule has 0 radical (unpaired) electrons. The number of rotatable bonds is 5. The Morgan fingerprint density at radius 3 is 2.39 bits per heavy atom. The molecular weight excluding hydrogens is 420 g/mol. The third kappa shape index (κ3) is 3.85. The molecule has 0 aliphatic carbocycles. The summed E-state index contributed by atoms with van der Waals surface area (Å²) < 4.78 is 0. The summed E-state index contributed by atoms with van der Waals surface area (Å²) in [6.45, 7) is 2.38. The summed E-state index contributed by atoms with van der Waals surface area (Å²) in [4.78, 5) is 50.7. The summed E-state index contributed by atoms with van der Waals surface area (Å²) in [6.07, 6.45) is 2.15. The zero-order valence-electron chi connectivity index (χ0n) is 18.2. The van der Waals surface area contributed by atoms with Crippen LogP contribution in [0.5, 0.6) is 0 Å². The molecule has 3 aliphatic heterocycles. The average molecular weight is 447 g/mol. The molecule has 1 unspecified atom stereocenters. The van der Waals surface area contributed by atoms with Crippen LogP contribution in [0, 0.1) is 0 Å². The maximum Gasteiger partial charge on any atom is 0.262 e. The van der Waals surface area contributed by atoms with E-state index in [0.717, 1.165) is 36.4 Å². The molecule has 2 fully saturated rings. The van der Waals surface area contributed by atoms with Crippen LogP contribution in [0.25, 0.3) is 0 Å². The van der Waals surface area contributed by atoms with Gasteiger partial charge in [0.2, 0.25) is 11.8 Å². The van der Waals surface area contributed by atoms with Crippen molar-refractivity contribution in [3.05, 3.63) is 70.8 Å². The molecule has 2 aromatic carbocycles. The van der Waals surface area contributed by atoms with Crippen molar-refractivity contribution < 1.29 is 19.2 Å². The van der Waals surface area contributed by atoms with Crippen molar-refractivity contribution in [3.8, 4) is 0 Å². The number of amides is 4. The number of carbonyl (C=O) groups excluding carboxylic acids is 4. The van der Waals surface area contributed by atoms with Gasteiger partial charge in [0.15, 0.2) is 0 Å². The molecule has 3 aliphatic rings. The fourth-order valence-electron chi connectivity index (χ4n) is 5.08. The monoisotopic (exact) mass is 446 g/mol. The molecule has 1 atom stereocenters. The molecule has 170 valence electrons. The van der Waals surface area contributed by atoms with Crippen LogP contribution in [0.1, 0.15) is 57.5 Å². The Kier molecular flexibility index (Phi) is 5.55. The van der Waals surface area contributed by atoms with Crippen LogP contribution >= 0.6 is 0 Å². The Bertz CT molecular complexity index is 1120. The lowest BCUT2D eigenvalue weighted by Crippen LogP contribution is -2.54. The molecule has 0 saturated carbocycles. The normalized spacial score (nSPS) is 22.3. The minimum atomic E-state index is -0.951. The zero-order valence-corrected chi connectivity index (χ0v) is 18.2. The SMILES string of the molecule is O=C1CCC(N2C(=O)c3ccc(CNC4(c5ccccc5)CCNCC4)cc3C2=O)C(=O)N1. The van der Waals surface area contributed by atoms with Crippen LogP contribution in [0.3, 0.4) is 0 Å². The fraction of sp³-hybridized carbons (Fsp3) is 0.360. The minimum Gasteiger partial charge on any atom is -0.317 e. The molecule has 3 N–H and O–H groups in total. The lowest BCUT2D eigenvalue weighted by molar-refractivity contribution is -0.136. The summed E-state index contributed by atoms with van der Waals surface area (Å²) in [7, 11) is 0. The van der Waals surface area contributed by atoms with Crippen molar-refractivity contribution in [2.75, 3.05) is 13.1 Å². The van der Waals surface area contributed by atoms with E-state index in [1.165, 1.54) is 5.56 Å². The molecule has 8 nitrogen and oxygen atoms in total. The Labute approximate surface area is 191 Å².